The van der Waals surface area contributed by atoms with Gasteiger partial charge in [0.1, 0.15) is 12.0 Å². The first kappa shape index (κ1) is 12.2. The maximum absolute atomic E-state index is 10.7. The predicted octanol–water partition coefficient (Wildman–Crippen LogP) is 4.08. The van der Waals surface area contributed by atoms with Gasteiger partial charge in [0.15, 0.2) is 0 Å². The molecule has 96 valence electrons. The van der Waals surface area contributed by atoms with E-state index in [4.69, 9.17) is 4.74 Å². The fourth-order valence-corrected chi connectivity index (χ4v) is 4.00. The van der Waals surface area contributed by atoms with Gasteiger partial charge in [-0.05, 0) is 71.1 Å². The largest absolute Gasteiger partial charge is 0.492 e. The molecule has 1 aromatic rings. The Morgan fingerprint density at radius 2 is 2.22 bits per heavy atom. The van der Waals surface area contributed by atoms with Gasteiger partial charge in [-0.1, -0.05) is 6.42 Å². The van der Waals surface area contributed by atoms with E-state index in [9.17, 15) is 4.79 Å². The van der Waals surface area contributed by atoms with E-state index in [0.717, 1.165) is 40.9 Å². The van der Waals surface area contributed by atoms with Crippen molar-refractivity contribution in [2.24, 2.45) is 17.8 Å². The first-order valence-corrected chi connectivity index (χ1v) is 7.43. The highest BCUT2D eigenvalue weighted by molar-refractivity contribution is 9.10. The lowest BCUT2D eigenvalue weighted by Crippen LogP contribution is -2.18. The number of fused-ring (bicyclic) bond motifs is 2. The minimum Gasteiger partial charge on any atom is -0.492 e. The predicted molar refractivity (Wildman–Crippen MR) is 74.0 cm³/mol. The molecule has 0 aromatic heterocycles. The lowest BCUT2D eigenvalue weighted by molar-refractivity contribution is 0.112. The van der Waals surface area contributed by atoms with Crippen LogP contribution in [0.25, 0.3) is 0 Å². The number of hydrogen-bond donors (Lipinski definition) is 0. The Labute approximate surface area is 116 Å². The van der Waals surface area contributed by atoms with Gasteiger partial charge in [-0.2, -0.15) is 0 Å². The highest BCUT2D eigenvalue weighted by Gasteiger charge is 2.39. The number of ether oxygens (including phenoxy) is 1. The number of halogens is 1. The van der Waals surface area contributed by atoms with E-state index < -0.39 is 0 Å². The monoisotopic (exact) mass is 308 g/mol. The van der Waals surface area contributed by atoms with Gasteiger partial charge in [-0.15, -0.1) is 0 Å². The topological polar surface area (TPSA) is 26.3 Å². The molecule has 18 heavy (non-hydrogen) atoms. The Bertz CT molecular complexity index is 458. The zero-order valence-electron chi connectivity index (χ0n) is 10.3. The van der Waals surface area contributed by atoms with E-state index in [-0.39, 0.29) is 0 Å². The van der Waals surface area contributed by atoms with Crippen molar-refractivity contribution in [3.63, 3.8) is 0 Å². The molecule has 0 amide bonds. The summed E-state index contributed by atoms with van der Waals surface area (Å²) >= 11 is 3.45. The summed E-state index contributed by atoms with van der Waals surface area (Å²) in [7, 11) is 0. The fraction of sp³-hybridized carbons (Fsp3) is 0.533. The molecular weight excluding hydrogens is 292 g/mol. The molecule has 2 fully saturated rings. The van der Waals surface area contributed by atoms with Gasteiger partial charge < -0.3 is 4.74 Å². The van der Waals surface area contributed by atoms with Crippen LogP contribution < -0.4 is 4.74 Å². The molecule has 0 heterocycles. The van der Waals surface area contributed by atoms with Crippen molar-refractivity contribution in [1.82, 2.24) is 0 Å². The molecule has 1 aromatic carbocycles. The zero-order valence-corrected chi connectivity index (χ0v) is 11.9. The number of carbonyl (C=O) groups excluding carboxylic acids is 1. The van der Waals surface area contributed by atoms with Crippen molar-refractivity contribution in [3.05, 3.63) is 28.2 Å². The molecule has 2 nitrogen and oxygen atoms in total. The van der Waals surface area contributed by atoms with E-state index >= 15 is 0 Å². The van der Waals surface area contributed by atoms with Crippen molar-refractivity contribution >= 4 is 22.2 Å². The summed E-state index contributed by atoms with van der Waals surface area (Å²) in [5.74, 6) is 3.44. The molecule has 3 atom stereocenters. The van der Waals surface area contributed by atoms with Crippen molar-refractivity contribution in [1.29, 1.82) is 0 Å². The Balaban J connectivity index is 1.61. The third-order valence-corrected chi connectivity index (χ3v) is 5.05. The molecule has 0 radical (unpaired) electrons. The highest BCUT2D eigenvalue weighted by atomic mass is 79.9. The molecule has 2 bridgehead atoms. The second-order valence-corrected chi connectivity index (χ2v) is 6.41. The van der Waals surface area contributed by atoms with Gasteiger partial charge in [0.05, 0.1) is 11.1 Å². The Morgan fingerprint density at radius 1 is 1.33 bits per heavy atom. The first-order valence-electron chi connectivity index (χ1n) is 6.64. The van der Waals surface area contributed by atoms with Gasteiger partial charge in [0.2, 0.25) is 0 Å². The lowest BCUT2D eigenvalue weighted by atomic mass is 9.89. The molecule has 3 rings (SSSR count). The minimum atomic E-state index is 0.675. The third kappa shape index (κ3) is 2.33. The quantitative estimate of drug-likeness (QED) is 0.784. The average Bonchev–Trinajstić information content (AvgIpc) is 2.99. The van der Waals surface area contributed by atoms with Crippen LogP contribution in [0, 0.1) is 17.8 Å². The molecule has 2 aliphatic carbocycles. The number of aldehydes is 1. The van der Waals surface area contributed by atoms with Crippen LogP contribution >= 0.6 is 15.9 Å². The molecule has 0 N–H and O–H groups in total. The maximum Gasteiger partial charge on any atom is 0.150 e. The van der Waals surface area contributed by atoms with Crippen LogP contribution in [0.5, 0.6) is 5.75 Å². The van der Waals surface area contributed by atoms with E-state index in [0.29, 0.717) is 5.56 Å². The summed E-state index contributed by atoms with van der Waals surface area (Å²) in [6.07, 6.45) is 6.43. The molecule has 2 aliphatic rings. The van der Waals surface area contributed by atoms with Crippen LogP contribution in [0.3, 0.4) is 0 Å². The minimum absolute atomic E-state index is 0.675. The molecule has 0 saturated heterocycles. The summed E-state index contributed by atoms with van der Waals surface area (Å²) in [5.41, 5.74) is 0.675. The number of benzene rings is 1. The van der Waals surface area contributed by atoms with Crippen LogP contribution in [0.1, 0.15) is 36.0 Å². The van der Waals surface area contributed by atoms with Crippen molar-refractivity contribution < 1.29 is 9.53 Å². The van der Waals surface area contributed by atoms with Gasteiger partial charge >= 0.3 is 0 Å². The summed E-state index contributed by atoms with van der Waals surface area (Å²) in [5, 5.41) is 0. The van der Waals surface area contributed by atoms with Crippen molar-refractivity contribution in [2.45, 2.75) is 25.7 Å². The van der Waals surface area contributed by atoms with E-state index in [1.807, 2.05) is 12.1 Å². The van der Waals surface area contributed by atoms with Crippen molar-refractivity contribution in [2.75, 3.05) is 6.61 Å². The maximum atomic E-state index is 10.7. The molecule has 3 heteroatoms. The molecule has 0 spiro atoms. The van der Waals surface area contributed by atoms with E-state index in [2.05, 4.69) is 15.9 Å². The van der Waals surface area contributed by atoms with Crippen LogP contribution in [0.15, 0.2) is 22.7 Å². The third-order valence-electron chi connectivity index (χ3n) is 4.43. The summed E-state index contributed by atoms with van der Waals surface area (Å²) in [4.78, 5) is 10.7. The van der Waals surface area contributed by atoms with Gasteiger partial charge in [-0.25, -0.2) is 0 Å². The van der Waals surface area contributed by atoms with Gasteiger partial charge in [-0.3, -0.25) is 4.79 Å². The summed E-state index contributed by atoms with van der Waals surface area (Å²) < 4.78 is 6.78. The number of rotatable bonds is 4. The summed E-state index contributed by atoms with van der Waals surface area (Å²) in [6.45, 7) is 0.820. The Hall–Kier alpha value is -0.830. The standard InChI is InChI=1S/C15H17BrO2/c16-14-7-11(8-17)2-4-15(14)18-9-13-6-10-1-3-12(13)5-10/h2,4,7-8,10,12-13H,1,3,5-6,9H2. The highest BCUT2D eigenvalue weighted by Crippen LogP contribution is 2.48. The van der Waals surface area contributed by atoms with Gasteiger partial charge in [0, 0.05) is 5.56 Å². The molecule has 2 saturated carbocycles. The summed E-state index contributed by atoms with van der Waals surface area (Å²) in [6, 6.07) is 5.48. The smallest absolute Gasteiger partial charge is 0.150 e. The molecule has 3 unspecified atom stereocenters. The first-order chi connectivity index (χ1) is 8.76. The van der Waals surface area contributed by atoms with Crippen molar-refractivity contribution in [3.8, 4) is 5.75 Å². The normalized spacial score (nSPS) is 29.5. The second kappa shape index (κ2) is 5.04. The molecule has 0 aliphatic heterocycles. The lowest BCUT2D eigenvalue weighted by Gasteiger charge is -2.22. The zero-order chi connectivity index (χ0) is 12.5. The van der Waals surface area contributed by atoms with Gasteiger partial charge in [0.25, 0.3) is 0 Å². The van der Waals surface area contributed by atoms with Crippen LogP contribution in [-0.2, 0) is 0 Å². The fourth-order valence-electron chi connectivity index (χ4n) is 3.48. The van der Waals surface area contributed by atoms with Crippen LogP contribution in [0.2, 0.25) is 0 Å². The average molecular weight is 309 g/mol. The van der Waals surface area contributed by atoms with Crippen LogP contribution in [0.4, 0.5) is 0 Å². The second-order valence-electron chi connectivity index (χ2n) is 5.55. The van der Waals surface area contributed by atoms with Crippen LogP contribution in [-0.4, -0.2) is 12.9 Å². The number of hydrogen-bond acceptors (Lipinski definition) is 2. The SMILES string of the molecule is O=Cc1ccc(OCC2CC3CCC2C3)c(Br)c1. The Morgan fingerprint density at radius 3 is 2.83 bits per heavy atom. The number of carbonyl (C=O) groups is 1. The van der Waals surface area contributed by atoms with E-state index in [1.165, 1.54) is 25.7 Å². The molecular formula is C15H17BrO2. The Kier molecular flexibility index (Phi) is 3.42. The van der Waals surface area contributed by atoms with E-state index in [1.54, 1.807) is 6.07 Å².